The number of ether oxygens (including phenoxy) is 1. The SMILES string of the molecule is CC(=O)Oc1ccccc1-c1ccc(Br)cc1F.Cl.NO. The van der Waals surface area contributed by atoms with Crippen molar-refractivity contribution in [2.75, 3.05) is 0 Å². The van der Waals surface area contributed by atoms with Gasteiger partial charge in [-0.1, -0.05) is 40.2 Å². The molecule has 0 bridgehead atoms. The average Bonchev–Trinajstić information content (AvgIpc) is 2.42. The lowest BCUT2D eigenvalue weighted by Gasteiger charge is -2.09. The number of benzene rings is 2. The minimum Gasteiger partial charge on any atom is -0.426 e. The van der Waals surface area contributed by atoms with E-state index in [1.165, 1.54) is 13.0 Å². The number of carbonyl (C=O) groups excluding carboxylic acids is 1. The van der Waals surface area contributed by atoms with E-state index in [1.807, 2.05) is 0 Å². The molecule has 0 aliphatic carbocycles. The molecule has 0 heterocycles. The van der Waals surface area contributed by atoms with E-state index in [4.69, 9.17) is 9.94 Å². The summed E-state index contributed by atoms with van der Waals surface area (Å²) in [6.07, 6.45) is 0. The number of para-hydroxylation sites is 1. The van der Waals surface area contributed by atoms with Crippen molar-refractivity contribution in [2.24, 2.45) is 5.90 Å². The molecule has 0 saturated heterocycles. The normalized spacial score (nSPS) is 9.00. The molecule has 2 aromatic carbocycles. The molecule has 0 radical (unpaired) electrons. The number of esters is 1. The largest absolute Gasteiger partial charge is 0.426 e. The first-order chi connectivity index (χ1) is 9.58. The molecule has 0 aliphatic rings. The van der Waals surface area contributed by atoms with Gasteiger partial charge in [0.1, 0.15) is 11.6 Å². The zero-order valence-electron chi connectivity index (χ0n) is 11.0. The Morgan fingerprint density at radius 1 is 1.19 bits per heavy atom. The first-order valence-electron chi connectivity index (χ1n) is 5.56. The van der Waals surface area contributed by atoms with E-state index in [2.05, 4.69) is 21.8 Å². The van der Waals surface area contributed by atoms with Gasteiger partial charge in [-0.2, -0.15) is 0 Å². The predicted molar refractivity (Wildman–Crippen MR) is 84.1 cm³/mol. The number of halogens is 3. The Balaban J connectivity index is 0.00000128. The highest BCUT2D eigenvalue weighted by molar-refractivity contribution is 9.10. The minimum absolute atomic E-state index is 0. The molecule has 0 aliphatic heterocycles. The van der Waals surface area contributed by atoms with Crippen LogP contribution in [0.15, 0.2) is 46.9 Å². The Hall–Kier alpha value is -1.47. The molecule has 0 amide bonds. The van der Waals surface area contributed by atoms with Crippen LogP contribution in [0.1, 0.15) is 6.92 Å². The standard InChI is InChI=1S/C14H10BrFO2.ClH.H3NO/c1-9(17)18-14-5-3-2-4-12(14)11-7-6-10(15)8-13(11)16;;1-2/h2-8H,1H3;1H;2H,1H2. The van der Waals surface area contributed by atoms with Crippen LogP contribution in [-0.4, -0.2) is 11.2 Å². The fourth-order valence-electron chi connectivity index (χ4n) is 1.64. The van der Waals surface area contributed by atoms with Gasteiger partial charge in [-0.05, 0) is 18.2 Å². The van der Waals surface area contributed by atoms with E-state index >= 15 is 0 Å². The topological polar surface area (TPSA) is 72.5 Å². The number of hydrogen-bond acceptors (Lipinski definition) is 4. The number of hydrogen-bond donors (Lipinski definition) is 2. The quantitative estimate of drug-likeness (QED) is 0.472. The van der Waals surface area contributed by atoms with Gasteiger partial charge in [-0.15, -0.1) is 12.4 Å². The van der Waals surface area contributed by atoms with Crippen LogP contribution >= 0.6 is 28.3 Å². The highest BCUT2D eigenvalue weighted by Gasteiger charge is 2.11. The number of rotatable bonds is 2. The maximum absolute atomic E-state index is 13.9. The number of nitrogens with two attached hydrogens (primary N) is 1. The van der Waals surface area contributed by atoms with E-state index in [0.29, 0.717) is 21.3 Å². The Kier molecular flexibility index (Phi) is 8.80. The molecule has 0 unspecified atom stereocenters. The molecule has 0 fully saturated rings. The third kappa shape index (κ3) is 5.43. The van der Waals surface area contributed by atoms with Crippen LogP contribution in [0.5, 0.6) is 5.75 Å². The summed E-state index contributed by atoms with van der Waals surface area (Å²) in [5.74, 6) is 3.05. The third-order valence-corrected chi connectivity index (χ3v) is 2.86. The maximum atomic E-state index is 13.9. The molecule has 0 saturated carbocycles. The molecule has 0 atom stereocenters. The van der Waals surface area contributed by atoms with Crippen molar-refractivity contribution in [3.8, 4) is 16.9 Å². The summed E-state index contributed by atoms with van der Waals surface area (Å²) in [6, 6.07) is 11.6. The molecule has 3 N–H and O–H groups in total. The predicted octanol–water partition coefficient (Wildman–Crippen LogP) is 3.94. The van der Waals surface area contributed by atoms with Crippen LogP contribution in [0.25, 0.3) is 11.1 Å². The second-order valence-corrected chi connectivity index (χ2v) is 4.63. The molecule has 0 spiro atoms. The first kappa shape index (κ1) is 19.5. The summed E-state index contributed by atoms with van der Waals surface area (Å²) in [4.78, 5) is 11.0. The summed E-state index contributed by atoms with van der Waals surface area (Å²) in [5, 5.41) is 6.50. The molecule has 4 nitrogen and oxygen atoms in total. The van der Waals surface area contributed by atoms with Gasteiger partial charge in [0.15, 0.2) is 0 Å². The Morgan fingerprint density at radius 3 is 2.38 bits per heavy atom. The van der Waals surface area contributed by atoms with E-state index < -0.39 is 5.97 Å². The van der Waals surface area contributed by atoms with E-state index in [-0.39, 0.29) is 18.2 Å². The summed E-state index contributed by atoms with van der Waals surface area (Å²) >= 11 is 3.20. The molecule has 2 rings (SSSR count). The van der Waals surface area contributed by atoms with Crippen LogP contribution in [0, 0.1) is 5.82 Å². The maximum Gasteiger partial charge on any atom is 0.308 e. The third-order valence-electron chi connectivity index (χ3n) is 2.36. The Labute approximate surface area is 136 Å². The monoisotopic (exact) mass is 377 g/mol. The van der Waals surface area contributed by atoms with Gasteiger partial charge in [-0.25, -0.2) is 10.3 Å². The van der Waals surface area contributed by atoms with Gasteiger partial charge in [0.05, 0.1) is 0 Å². The van der Waals surface area contributed by atoms with Crippen molar-refractivity contribution in [3.63, 3.8) is 0 Å². The fourth-order valence-corrected chi connectivity index (χ4v) is 1.97. The summed E-state index contributed by atoms with van der Waals surface area (Å²) in [6.45, 7) is 1.31. The van der Waals surface area contributed by atoms with Crippen molar-refractivity contribution in [1.82, 2.24) is 0 Å². The highest BCUT2D eigenvalue weighted by atomic mass is 79.9. The highest BCUT2D eigenvalue weighted by Crippen LogP contribution is 2.32. The van der Waals surface area contributed by atoms with E-state index in [1.54, 1.807) is 36.4 Å². The second kappa shape index (κ2) is 9.46. The lowest BCUT2D eigenvalue weighted by atomic mass is 10.0. The van der Waals surface area contributed by atoms with Gasteiger partial charge in [0.25, 0.3) is 0 Å². The van der Waals surface area contributed by atoms with Gasteiger partial charge < -0.3 is 9.94 Å². The van der Waals surface area contributed by atoms with Crippen molar-refractivity contribution in [2.45, 2.75) is 6.92 Å². The van der Waals surface area contributed by atoms with Crippen LogP contribution < -0.4 is 10.6 Å². The van der Waals surface area contributed by atoms with Crippen molar-refractivity contribution in [1.29, 1.82) is 0 Å². The zero-order valence-corrected chi connectivity index (χ0v) is 13.4. The van der Waals surface area contributed by atoms with Gasteiger partial charge >= 0.3 is 5.97 Å². The fraction of sp³-hybridized carbons (Fsp3) is 0.0714. The summed E-state index contributed by atoms with van der Waals surface area (Å²) < 4.78 is 19.6. The smallest absolute Gasteiger partial charge is 0.308 e. The first-order valence-corrected chi connectivity index (χ1v) is 6.36. The van der Waals surface area contributed by atoms with E-state index in [9.17, 15) is 9.18 Å². The Bertz CT molecular complexity index is 611. The van der Waals surface area contributed by atoms with Gasteiger partial charge in [-0.3, -0.25) is 4.79 Å². The summed E-state index contributed by atoms with van der Waals surface area (Å²) in [7, 11) is 0. The van der Waals surface area contributed by atoms with Crippen molar-refractivity contribution >= 4 is 34.3 Å². The van der Waals surface area contributed by atoms with Gasteiger partial charge in [0.2, 0.25) is 0 Å². The molecule has 2 aromatic rings. The Morgan fingerprint density at radius 2 is 1.81 bits per heavy atom. The van der Waals surface area contributed by atoms with Crippen LogP contribution in [0.4, 0.5) is 4.39 Å². The van der Waals surface area contributed by atoms with Crippen LogP contribution in [0.2, 0.25) is 0 Å². The molecular weight excluding hydrogens is 365 g/mol. The van der Waals surface area contributed by atoms with Crippen LogP contribution in [0.3, 0.4) is 0 Å². The minimum atomic E-state index is -0.431. The molecule has 0 aromatic heterocycles. The molecule has 7 heteroatoms. The van der Waals surface area contributed by atoms with Crippen LogP contribution in [-0.2, 0) is 4.79 Å². The average molecular weight is 379 g/mol. The summed E-state index contributed by atoms with van der Waals surface area (Å²) in [5.41, 5.74) is 0.952. The molecule has 114 valence electrons. The second-order valence-electron chi connectivity index (χ2n) is 3.71. The molecular formula is C14H14BrClFNO3. The number of carbonyl (C=O) groups is 1. The van der Waals surface area contributed by atoms with Crippen molar-refractivity contribution < 1.29 is 19.1 Å². The lowest BCUT2D eigenvalue weighted by molar-refractivity contribution is -0.131. The van der Waals surface area contributed by atoms with E-state index in [0.717, 1.165) is 0 Å². The lowest BCUT2D eigenvalue weighted by Crippen LogP contribution is -2.02. The van der Waals surface area contributed by atoms with Crippen molar-refractivity contribution in [3.05, 3.63) is 52.8 Å². The van der Waals surface area contributed by atoms with Gasteiger partial charge in [0, 0.05) is 22.5 Å². The zero-order chi connectivity index (χ0) is 15.1. The molecule has 21 heavy (non-hydrogen) atoms.